The van der Waals surface area contributed by atoms with Gasteiger partial charge in [-0.2, -0.15) is 0 Å². The van der Waals surface area contributed by atoms with Gasteiger partial charge in [0.1, 0.15) is 0 Å². The van der Waals surface area contributed by atoms with Crippen molar-refractivity contribution in [1.29, 1.82) is 0 Å². The van der Waals surface area contributed by atoms with Gasteiger partial charge in [0.05, 0.1) is 32.6 Å². The van der Waals surface area contributed by atoms with Crippen molar-refractivity contribution in [2.45, 2.75) is 19.3 Å². The third-order valence-corrected chi connectivity index (χ3v) is 7.98. The highest BCUT2D eigenvalue weighted by Gasteiger charge is 2.41. The first-order valence-corrected chi connectivity index (χ1v) is 11.2. The highest BCUT2D eigenvalue weighted by atomic mass is 32.1. The van der Waals surface area contributed by atoms with Crippen LogP contribution < -0.4 is 0 Å². The first-order valence-electron chi connectivity index (χ1n) is 10.4. The summed E-state index contributed by atoms with van der Waals surface area (Å²) in [7, 11) is 0. The third-order valence-electron chi connectivity index (χ3n) is 6.44. The Kier molecular flexibility index (Phi) is 3.19. The maximum Gasteiger partial charge on any atom is 0.0978 e. The Balaban J connectivity index is 1.70. The van der Waals surface area contributed by atoms with E-state index >= 15 is 0 Å². The minimum absolute atomic E-state index is 0.168. The van der Waals surface area contributed by atoms with Gasteiger partial charge in [0.25, 0.3) is 0 Å². The molecule has 6 aromatic rings. The molecule has 0 amide bonds. The standard InChI is InChI=1S/C26H18N4S/c1-26(2)24-21(27-12-13-28-24)19-17-14-29-20-16-10-6-7-11-18(16)30(15-8-4-3-5-9-15)22(20)23(17)31-25(19)26/h3-14H,1-2H3. The third kappa shape index (κ3) is 2.06. The molecule has 0 saturated carbocycles. The van der Waals surface area contributed by atoms with Crippen molar-refractivity contribution in [3.8, 4) is 16.9 Å². The zero-order valence-electron chi connectivity index (χ0n) is 17.1. The monoisotopic (exact) mass is 418 g/mol. The number of fused-ring (bicyclic) bond motifs is 9. The van der Waals surface area contributed by atoms with Gasteiger partial charge in [0, 0.05) is 50.9 Å². The Morgan fingerprint density at radius 1 is 0.839 bits per heavy atom. The van der Waals surface area contributed by atoms with E-state index in [1.807, 2.05) is 17.5 Å². The van der Waals surface area contributed by atoms with E-state index in [4.69, 9.17) is 9.97 Å². The van der Waals surface area contributed by atoms with Gasteiger partial charge in [-0.05, 0) is 32.0 Å². The molecule has 0 unspecified atom stereocenters. The van der Waals surface area contributed by atoms with Crippen LogP contribution in [0.15, 0.2) is 73.2 Å². The summed E-state index contributed by atoms with van der Waals surface area (Å²) < 4.78 is 3.62. The smallest absolute Gasteiger partial charge is 0.0978 e. The lowest BCUT2D eigenvalue weighted by molar-refractivity contribution is 0.647. The minimum Gasteiger partial charge on any atom is -0.306 e. The quantitative estimate of drug-likeness (QED) is 0.306. The van der Waals surface area contributed by atoms with Gasteiger partial charge in [-0.25, -0.2) is 0 Å². The Morgan fingerprint density at radius 3 is 2.48 bits per heavy atom. The van der Waals surface area contributed by atoms with Crippen LogP contribution in [-0.2, 0) is 5.41 Å². The number of benzene rings is 2. The molecule has 0 bridgehead atoms. The van der Waals surface area contributed by atoms with Crippen molar-refractivity contribution in [1.82, 2.24) is 19.5 Å². The molecule has 0 atom stereocenters. The van der Waals surface area contributed by atoms with Crippen molar-refractivity contribution in [3.63, 3.8) is 0 Å². The van der Waals surface area contributed by atoms with Gasteiger partial charge in [-0.15, -0.1) is 11.3 Å². The fraction of sp³-hybridized carbons (Fsp3) is 0.115. The van der Waals surface area contributed by atoms with E-state index in [-0.39, 0.29) is 5.41 Å². The van der Waals surface area contributed by atoms with Crippen LogP contribution in [0.3, 0.4) is 0 Å². The van der Waals surface area contributed by atoms with E-state index < -0.39 is 0 Å². The zero-order chi connectivity index (χ0) is 20.7. The van der Waals surface area contributed by atoms with Gasteiger partial charge in [0.2, 0.25) is 0 Å². The van der Waals surface area contributed by atoms with Crippen LogP contribution in [0.2, 0.25) is 0 Å². The van der Waals surface area contributed by atoms with Gasteiger partial charge in [0.15, 0.2) is 0 Å². The van der Waals surface area contributed by atoms with Crippen molar-refractivity contribution in [2.75, 3.05) is 0 Å². The number of nitrogens with zero attached hydrogens (tertiary/aromatic N) is 4. The fourth-order valence-electron chi connectivity index (χ4n) is 5.04. The lowest BCUT2D eigenvalue weighted by atomic mass is 9.91. The lowest BCUT2D eigenvalue weighted by Crippen LogP contribution is -2.15. The predicted molar refractivity (Wildman–Crippen MR) is 127 cm³/mol. The van der Waals surface area contributed by atoms with Gasteiger partial charge in [-0.1, -0.05) is 36.4 Å². The van der Waals surface area contributed by atoms with E-state index in [1.54, 1.807) is 12.4 Å². The molecule has 31 heavy (non-hydrogen) atoms. The zero-order valence-corrected chi connectivity index (χ0v) is 17.9. The molecule has 2 aromatic carbocycles. The molecule has 7 rings (SSSR count). The predicted octanol–water partition coefficient (Wildman–Crippen LogP) is 6.49. The summed E-state index contributed by atoms with van der Waals surface area (Å²) in [6, 6.07) is 19.1. The summed E-state index contributed by atoms with van der Waals surface area (Å²) in [5.74, 6) is 0. The lowest BCUT2D eigenvalue weighted by Gasteiger charge is -2.17. The Labute approximate surface area is 182 Å². The number of pyridine rings is 1. The topological polar surface area (TPSA) is 43.6 Å². The molecular weight excluding hydrogens is 400 g/mol. The maximum atomic E-state index is 4.99. The van der Waals surface area contributed by atoms with Gasteiger partial charge < -0.3 is 4.57 Å². The Morgan fingerprint density at radius 2 is 1.61 bits per heavy atom. The molecular formula is C26H18N4S. The van der Waals surface area contributed by atoms with Crippen molar-refractivity contribution in [2.24, 2.45) is 0 Å². The fourth-order valence-corrected chi connectivity index (χ4v) is 6.45. The van der Waals surface area contributed by atoms with Crippen LogP contribution >= 0.6 is 11.3 Å². The molecule has 1 aliphatic carbocycles. The molecule has 0 spiro atoms. The van der Waals surface area contributed by atoms with Crippen LogP contribution in [0.4, 0.5) is 0 Å². The maximum absolute atomic E-state index is 4.99. The molecule has 4 heterocycles. The second-order valence-corrected chi connectivity index (χ2v) is 9.59. The summed E-state index contributed by atoms with van der Waals surface area (Å²) in [6.45, 7) is 4.50. The molecule has 0 aliphatic heterocycles. The summed E-state index contributed by atoms with van der Waals surface area (Å²) in [4.78, 5) is 15.7. The van der Waals surface area contributed by atoms with E-state index in [0.717, 1.165) is 22.6 Å². The Hall–Kier alpha value is -3.57. The van der Waals surface area contributed by atoms with E-state index in [0.29, 0.717) is 0 Å². The largest absolute Gasteiger partial charge is 0.306 e. The van der Waals surface area contributed by atoms with Gasteiger partial charge in [-0.3, -0.25) is 15.0 Å². The second-order valence-electron chi connectivity index (χ2n) is 8.57. The number of hydrogen-bond donors (Lipinski definition) is 0. The summed E-state index contributed by atoms with van der Waals surface area (Å²) in [6.07, 6.45) is 5.62. The highest BCUT2D eigenvalue weighted by Crippen LogP contribution is 2.55. The van der Waals surface area contributed by atoms with E-state index in [1.165, 1.54) is 36.9 Å². The number of hydrogen-bond acceptors (Lipinski definition) is 4. The molecule has 148 valence electrons. The molecule has 0 radical (unpaired) electrons. The van der Waals surface area contributed by atoms with Crippen LogP contribution in [0.25, 0.3) is 49.0 Å². The number of aromatic nitrogens is 4. The molecule has 0 N–H and O–H groups in total. The van der Waals surface area contributed by atoms with Crippen molar-refractivity contribution >= 4 is 43.4 Å². The van der Waals surface area contributed by atoms with Crippen molar-refractivity contribution < 1.29 is 0 Å². The average Bonchev–Trinajstić information content (AvgIpc) is 3.42. The first-order chi connectivity index (χ1) is 15.2. The van der Waals surface area contributed by atoms with Crippen LogP contribution in [0.1, 0.15) is 24.4 Å². The van der Waals surface area contributed by atoms with Crippen LogP contribution in [0.5, 0.6) is 0 Å². The first kappa shape index (κ1) is 17.1. The van der Waals surface area contributed by atoms with Crippen LogP contribution in [-0.4, -0.2) is 19.5 Å². The van der Waals surface area contributed by atoms with E-state index in [9.17, 15) is 0 Å². The number of rotatable bonds is 1. The molecule has 4 nitrogen and oxygen atoms in total. The Bertz CT molecular complexity index is 1660. The normalized spacial score (nSPS) is 14.4. The summed E-state index contributed by atoms with van der Waals surface area (Å²) in [5.41, 5.74) is 7.63. The average molecular weight is 419 g/mol. The number of thiophene rings is 1. The summed E-state index contributed by atoms with van der Waals surface area (Å²) in [5, 5.41) is 2.34. The van der Waals surface area contributed by atoms with Gasteiger partial charge >= 0.3 is 0 Å². The molecule has 0 fully saturated rings. The summed E-state index contributed by atoms with van der Waals surface area (Å²) >= 11 is 1.86. The highest BCUT2D eigenvalue weighted by molar-refractivity contribution is 7.21. The minimum atomic E-state index is -0.168. The molecule has 1 aliphatic rings. The van der Waals surface area contributed by atoms with E-state index in [2.05, 4.69) is 78.0 Å². The number of para-hydroxylation sites is 2. The molecule has 0 saturated heterocycles. The molecule has 5 heteroatoms. The molecule has 4 aromatic heterocycles. The second kappa shape index (κ2) is 5.77. The SMILES string of the molecule is CC1(C)c2nccnc2-c2c1sc1c2cnc2c3ccccc3n(-c3ccccc3)c21. The van der Waals surface area contributed by atoms with Crippen molar-refractivity contribution in [3.05, 3.63) is 83.8 Å². The van der Waals surface area contributed by atoms with Crippen LogP contribution in [0, 0.1) is 0 Å².